The van der Waals surface area contributed by atoms with Crippen LogP contribution in [0.2, 0.25) is 0 Å². The first-order chi connectivity index (χ1) is 8.93. The molecule has 110 valence electrons. The zero-order chi connectivity index (χ0) is 14.8. The fourth-order valence-electron chi connectivity index (χ4n) is 1.74. The summed E-state index contributed by atoms with van der Waals surface area (Å²) in [5.41, 5.74) is 2.48. The maximum absolute atomic E-state index is 4.17. The van der Waals surface area contributed by atoms with E-state index in [9.17, 15) is 0 Å². The highest BCUT2D eigenvalue weighted by atomic mass is 15.2. The van der Waals surface area contributed by atoms with Gasteiger partial charge in [-0.1, -0.05) is 20.4 Å². The van der Waals surface area contributed by atoms with Crippen molar-refractivity contribution < 1.29 is 4.58 Å². The van der Waals surface area contributed by atoms with E-state index in [2.05, 4.69) is 55.9 Å². The molecule has 0 aromatic rings. The third kappa shape index (κ3) is 7.04. The molecule has 0 aromatic carbocycles. The zero-order valence-electron chi connectivity index (χ0n) is 13.6. The minimum absolute atomic E-state index is 0.959. The van der Waals surface area contributed by atoms with E-state index in [1.54, 1.807) is 0 Å². The Labute approximate surface area is 119 Å². The van der Waals surface area contributed by atoms with Gasteiger partial charge in [0.2, 0.25) is 0 Å². The molecule has 0 aliphatic rings. The van der Waals surface area contributed by atoms with Crippen LogP contribution in [0.1, 0.15) is 47.0 Å². The molecule has 0 atom stereocenters. The Morgan fingerprint density at radius 2 is 1.89 bits per heavy atom. The molecule has 0 amide bonds. The number of rotatable bonds is 10. The Balaban J connectivity index is 4.38. The Morgan fingerprint density at radius 3 is 2.37 bits per heavy atom. The van der Waals surface area contributed by atoms with Gasteiger partial charge in [-0.05, 0) is 26.7 Å². The molecule has 0 saturated heterocycles. The van der Waals surface area contributed by atoms with Crippen LogP contribution in [-0.2, 0) is 0 Å². The monoisotopic (exact) mass is 266 g/mol. The van der Waals surface area contributed by atoms with Gasteiger partial charge in [-0.3, -0.25) is 5.32 Å². The molecule has 0 aliphatic carbocycles. The lowest BCUT2D eigenvalue weighted by Gasteiger charge is -2.19. The molecule has 3 heteroatoms. The second kappa shape index (κ2) is 9.65. The van der Waals surface area contributed by atoms with E-state index in [0.717, 1.165) is 44.6 Å². The van der Waals surface area contributed by atoms with Crippen molar-refractivity contribution in [2.24, 2.45) is 0 Å². The van der Waals surface area contributed by atoms with Crippen LogP contribution < -0.4 is 5.32 Å². The van der Waals surface area contributed by atoms with E-state index in [4.69, 9.17) is 0 Å². The molecule has 19 heavy (non-hydrogen) atoms. The fraction of sp³-hybridized carbons (Fsp3) is 0.688. The van der Waals surface area contributed by atoms with Crippen molar-refractivity contribution in [2.75, 3.05) is 26.7 Å². The Bertz CT molecular complexity index is 329. The van der Waals surface area contributed by atoms with Gasteiger partial charge in [0.15, 0.2) is 0 Å². The summed E-state index contributed by atoms with van der Waals surface area (Å²) >= 11 is 0. The first-order valence-corrected chi connectivity index (χ1v) is 7.32. The van der Waals surface area contributed by atoms with Crippen molar-refractivity contribution in [3.05, 3.63) is 23.7 Å². The van der Waals surface area contributed by atoms with Crippen LogP contribution in [0.5, 0.6) is 0 Å². The van der Waals surface area contributed by atoms with Crippen LogP contribution >= 0.6 is 0 Å². The van der Waals surface area contributed by atoms with Gasteiger partial charge >= 0.3 is 0 Å². The number of hydrogen-bond donors (Lipinski definition) is 1. The normalized spacial score (nSPS) is 11.8. The van der Waals surface area contributed by atoms with Gasteiger partial charge in [0, 0.05) is 31.3 Å². The zero-order valence-corrected chi connectivity index (χ0v) is 13.6. The molecular weight excluding hydrogens is 234 g/mol. The first kappa shape index (κ1) is 17.8. The average molecular weight is 266 g/mol. The lowest BCUT2D eigenvalue weighted by atomic mass is 10.2. The Hall–Kier alpha value is -1.25. The molecule has 0 heterocycles. The van der Waals surface area contributed by atoms with E-state index >= 15 is 0 Å². The minimum atomic E-state index is 0.959. The molecular formula is C16H32N3+. The summed E-state index contributed by atoms with van der Waals surface area (Å²) in [6.07, 6.45) is 3.28. The van der Waals surface area contributed by atoms with Crippen LogP contribution in [0.3, 0.4) is 0 Å². The second-order valence-corrected chi connectivity index (χ2v) is 5.18. The fourth-order valence-corrected chi connectivity index (χ4v) is 1.74. The largest absolute Gasteiger partial charge is 0.378 e. The predicted molar refractivity (Wildman–Crippen MR) is 85.6 cm³/mol. The van der Waals surface area contributed by atoms with Gasteiger partial charge in [-0.2, -0.15) is 0 Å². The molecule has 0 bridgehead atoms. The van der Waals surface area contributed by atoms with E-state index in [-0.39, 0.29) is 0 Å². The molecule has 0 unspecified atom stereocenters. The quantitative estimate of drug-likeness (QED) is 0.483. The number of nitrogens with zero attached hydrogens (tertiary/aromatic N) is 2. The van der Waals surface area contributed by atoms with Crippen molar-refractivity contribution in [2.45, 2.75) is 47.0 Å². The third-order valence-electron chi connectivity index (χ3n) is 3.37. The predicted octanol–water partition coefficient (Wildman–Crippen LogP) is 3.20. The van der Waals surface area contributed by atoms with Crippen LogP contribution in [-0.4, -0.2) is 42.9 Å². The maximum Gasteiger partial charge on any atom is 0.272 e. The summed E-state index contributed by atoms with van der Waals surface area (Å²) in [6.45, 7) is 19.7. The van der Waals surface area contributed by atoms with Gasteiger partial charge in [0.05, 0.1) is 19.8 Å². The van der Waals surface area contributed by atoms with Crippen molar-refractivity contribution in [3.63, 3.8) is 0 Å². The lowest BCUT2D eigenvalue weighted by Crippen LogP contribution is -2.28. The highest BCUT2D eigenvalue weighted by molar-refractivity contribution is 5.18. The van der Waals surface area contributed by atoms with Gasteiger partial charge in [0.1, 0.15) is 0 Å². The summed E-state index contributed by atoms with van der Waals surface area (Å²) in [6, 6.07) is 0. The minimum Gasteiger partial charge on any atom is -0.378 e. The Morgan fingerprint density at radius 1 is 1.26 bits per heavy atom. The van der Waals surface area contributed by atoms with E-state index in [1.807, 2.05) is 6.92 Å². The smallest absolute Gasteiger partial charge is 0.272 e. The number of nitrogens with one attached hydrogen (secondary N) is 1. The van der Waals surface area contributed by atoms with Crippen molar-refractivity contribution >= 4 is 6.72 Å². The van der Waals surface area contributed by atoms with Gasteiger partial charge < -0.3 is 4.90 Å². The molecule has 3 nitrogen and oxygen atoms in total. The van der Waals surface area contributed by atoms with E-state index in [0.29, 0.717) is 0 Å². The van der Waals surface area contributed by atoms with Crippen molar-refractivity contribution in [1.82, 2.24) is 10.2 Å². The molecule has 0 spiro atoms. The summed E-state index contributed by atoms with van der Waals surface area (Å²) in [5.74, 6) is 1.20. The first-order valence-electron chi connectivity index (χ1n) is 7.32. The standard InChI is InChI=1S/C16H32N3/c1-8-11-17-16(15(5)9-2)19(7)13-10-12-18(6)14(3)4/h17H,3,7-13H2,1-2,4-6H3/q+1. The van der Waals surface area contributed by atoms with Crippen molar-refractivity contribution in [3.8, 4) is 0 Å². The van der Waals surface area contributed by atoms with Crippen LogP contribution in [0.4, 0.5) is 0 Å². The van der Waals surface area contributed by atoms with Gasteiger partial charge in [-0.15, -0.1) is 0 Å². The van der Waals surface area contributed by atoms with E-state index in [1.165, 1.54) is 11.4 Å². The number of hydrogen-bond acceptors (Lipinski definition) is 2. The molecule has 0 saturated carbocycles. The van der Waals surface area contributed by atoms with Crippen LogP contribution in [0.15, 0.2) is 23.7 Å². The van der Waals surface area contributed by atoms with Crippen molar-refractivity contribution in [1.29, 1.82) is 0 Å². The van der Waals surface area contributed by atoms with Crippen LogP contribution in [0.25, 0.3) is 0 Å². The summed E-state index contributed by atoms with van der Waals surface area (Å²) in [5, 5.41) is 3.49. The SMILES string of the molecule is C=C(C)N(C)CCC[N+](=C)C(NCCC)=C(C)CC. The van der Waals surface area contributed by atoms with Gasteiger partial charge in [0.25, 0.3) is 5.82 Å². The molecule has 0 rings (SSSR count). The highest BCUT2D eigenvalue weighted by Crippen LogP contribution is 2.07. The topological polar surface area (TPSA) is 18.3 Å². The summed E-state index contributed by atoms with van der Waals surface area (Å²) in [4.78, 5) is 2.18. The molecule has 0 radical (unpaired) electrons. The lowest BCUT2D eigenvalue weighted by molar-refractivity contribution is -0.476. The molecule has 0 aromatic heterocycles. The Kier molecular flexibility index (Phi) is 9.02. The highest BCUT2D eigenvalue weighted by Gasteiger charge is 2.12. The molecule has 0 aliphatic heterocycles. The molecule has 1 N–H and O–H groups in total. The maximum atomic E-state index is 4.17. The van der Waals surface area contributed by atoms with Gasteiger partial charge in [-0.25, -0.2) is 4.58 Å². The average Bonchev–Trinajstić information content (AvgIpc) is 2.38. The summed E-state index contributed by atoms with van der Waals surface area (Å²) in [7, 11) is 2.08. The third-order valence-corrected chi connectivity index (χ3v) is 3.37. The number of allylic oxidation sites excluding steroid dienone is 2. The molecule has 0 fully saturated rings. The summed E-state index contributed by atoms with van der Waals surface area (Å²) < 4.78 is 2.10. The second-order valence-electron chi connectivity index (χ2n) is 5.18. The van der Waals surface area contributed by atoms with E-state index < -0.39 is 0 Å². The van der Waals surface area contributed by atoms with Crippen LogP contribution in [0, 0.1) is 0 Å².